The van der Waals surface area contributed by atoms with E-state index < -0.39 is 0 Å². The lowest BCUT2D eigenvalue weighted by Gasteiger charge is -2.30. The average molecular weight is 347 g/mol. The molecule has 1 fully saturated rings. The molecule has 1 unspecified atom stereocenters. The minimum Gasteiger partial charge on any atom is -0.383 e. The third-order valence-corrected chi connectivity index (χ3v) is 4.86. The molecule has 0 spiro atoms. The molecule has 1 aliphatic heterocycles. The average Bonchev–Trinajstić information content (AvgIpc) is 2.62. The van der Waals surface area contributed by atoms with Gasteiger partial charge in [0.2, 0.25) is 0 Å². The molecule has 140 valence electrons. The van der Waals surface area contributed by atoms with Crippen molar-refractivity contribution in [3.63, 3.8) is 0 Å². The van der Waals surface area contributed by atoms with Gasteiger partial charge in [0, 0.05) is 33.3 Å². The standard InChI is InChI=1S/C20H34N4O/c1-16-9-11-24(12-10-16)14-19-8-6-5-7-18(19)13-22-20(21-3)23-17(2)15-25-4/h5-8,16-17H,9-15H2,1-4H3,(H2,21,22,23). The molecule has 2 N–H and O–H groups in total. The fourth-order valence-electron chi connectivity index (χ4n) is 3.24. The number of nitrogens with zero attached hydrogens (tertiary/aromatic N) is 2. The summed E-state index contributed by atoms with van der Waals surface area (Å²) in [4.78, 5) is 6.88. The second kappa shape index (κ2) is 10.4. The van der Waals surface area contributed by atoms with E-state index in [0.29, 0.717) is 6.61 Å². The Bertz CT molecular complexity index is 538. The van der Waals surface area contributed by atoms with Crippen molar-refractivity contribution in [2.45, 2.75) is 45.8 Å². The fraction of sp³-hybridized carbons (Fsp3) is 0.650. The molecule has 2 rings (SSSR count). The second-order valence-corrected chi connectivity index (χ2v) is 7.15. The molecular weight excluding hydrogens is 312 g/mol. The molecule has 0 amide bonds. The van der Waals surface area contributed by atoms with Gasteiger partial charge in [-0.25, -0.2) is 0 Å². The number of ether oxygens (including phenoxy) is 1. The topological polar surface area (TPSA) is 48.9 Å². The number of likely N-dealkylation sites (tertiary alicyclic amines) is 1. The van der Waals surface area contributed by atoms with Crippen molar-refractivity contribution in [2.75, 3.05) is 33.9 Å². The Labute approximate surface area is 152 Å². The van der Waals surface area contributed by atoms with Crippen molar-refractivity contribution in [1.82, 2.24) is 15.5 Å². The van der Waals surface area contributed by atoms with E-state index in [1.807, 2.05) is 0 Å². The summed E-state index contributed by atoms with van der Waals surface area (Å²) in [5, 5.41) is 6.77. The highest BCUT2D eigenvalue weighted by Crippen LogP contribution is 2.19. The third-order valence-electron chi connectivity index (χ3n) is 4.86. The Hall–Kier alpha value is -1.59. The summed E-state index contributed by atoms with van der Waals surface area (Å²) in [6.45, 7) is 9.34. The van der Waals surface area contributed by atoms with Crippen LogP contribution in [0, 0.1) is 5.92 Å². The summed E-state index contributed by atoms with van der Waals surface area (Å²) in [6.07, 6.45) is 2.63. The summed E-state index contributed by atoms with van der Waals surface area (Å²) in [5.74, 6) is 1.68. The summed E-state index contributed by atoms with van der Waals surface area (Å²) in [5.41, 5.74) is 2.74. The molecule has 0 radical (unpaired) electrons. The second-order valence-electron chi connectivity index (χ2n) is 7.15. The number of aliphatic imine (C=N–C) groups is 1. The molecule has 1 heterocycles. The molecule has 0 aliphatic carbocycles. The summed E-state index contributed by atoms with van der Waals surface area (Å²) in [7, 11) is 3.52. The van der Waals surface area contributed by atoms with Gasteiger partial charge in [-0.1, -0.05) is 31.2 Å². The van der Waals surface area contributed by atoms with Crippen LogP contribution in [0.2, 0.25) is 0 Å². The van der Waals surface area contributed by atoms with E-state index in [9.17, 15) is 0 Å². The number of benzene rings is 1. The zero-order valence-corrected chi connectivity index (χ0v) is 16.2. The maximum atomic E-state index is 5.17. The van der Waals surface area contributed by atoms with Gasteiger partial charge in [-0.05, 0) is 49.9 Å². The molecule has 0 aromatic heterocycles. The van der Waals surface area contributed by atoms with E-state index >= 15 is 0 Å². The van der Waals surface area contributed by atoms with E-state index in [1.165, 1.54) is 37.1 Å². The number of piperidine rings is 1. The van der Waals surface area contributed by atoms with Crippen LogP contribution in [0.5, 0.6) is 0 Å². The van der Waals surface area contributed by atoms with Crippen LogP contribution in [0.3, 0.4) is 0 Å². The van der Waals surface area contributed by atoms with Gasteiger partial charge in [0.25, 0.3) is 0 Å². The van der Waals surface area contributed by atoms with Crippen molar-refractivity contribution in [3.05, 3.63) is 35.4 Å². The largest absolute Gasteiger partial charge is 0.383 e. The van der Waals surface area contributed by atoms with Crippen molar-refractivity contribution in [1.29, 1.82) is 0 Å². The van der Waals surface area contributed by atoms with Gasteiger partial charge in [0.05, 0.1) is 6.61 Å². The van der Waals surface area contributed by atoms with Crippen LogP contribution in [-0.4, -0.2) is 50.8 Å². The first kappa shape index (κ1) is 19.7. The number of methoxy groups -OCH3 is 1. The molecule has 0 saturated carbocycles. The fourth-order valence-corrected chi connectivity index (χ4v) is 3.24. The maximum absolute atomic E-state index is 5.17. The highest BCUT2D eigenvalue weighted by molar-refractivity contribution is 5.79. The quantitative estimate of drug-likeness (QED) is 0.589. The van der Waals surface area contributed by atoms with E-state index in [0.717, 1.165) is 25.0 Å². The molecule has 1 saturated heterocycles. The zero-order chi connectivity index (χ0) is 18.1. The molecule has 1 aliphatic rings. The number of nitrogens with one attached hydrogen (secondary N) is 2. The van der Waals surface area contributed by atoms with E-state index in [1.54, 1.807) is 14.2 Å². The van der Waals surface area contributed by atoms with Gasteiger partial charge >= 0.3 is 0 Å². The SMILES string of the molecule is CN=C(NCc1ccccc1CN1CCC(C)CC1)NC(C)COC. The molecule has 1 atom stereocenters. The molecule has 5 heteroatoms. The zero-order valence-electron chi connectivity index (χ0n) is 16.2. The Kier molecular flexibility index (Phi) is 8.22. The van der Waals surface area contributed by atoms with Gasteiger partial charge in [0.15, 0.2) is 5.96 Å². The highest BCUT2D eigenvalue weighted by Gasteiger charge is 2.16. The number of guanidine groups is 1. The Balaban J connectivity index is 1.91. The minimum absolute atomic E-state index is 0.224. The van der Waals surface area contributed by atoms with Gasteiger partial charge in [-0.3, -0.25) is 9.89 Å². The number of rotatable bonds is 7. The lowest BCUT2D eigenvalue weighted by molar-refractivity contribution is 0.179. The summed E-state index contributed by atoms with van der Waals surface area (Å²) < 4.78 is 5.17. The predicted molar refractivity (Wildman–Crippen MR) is 105 cm³/mol. The van der Waals surface area contributed by atoms with E-state index in [2.05, 4.69) is 58.6 Å². The summed E-state index contributed by atoms with van der Waals surface area (Å²) in [6, 6.07) is 8.93. The van der Waals surface area contributed by atoms with Crippen LogP contribution >= 0.6 is 0 Å². The molecule has 1 aromatic carbocycles. The number of hydrogen-bond acceptors (Lipinski definition) is 3. The molecular formula is C20H34N4O. The first-order valence-electron chi connectivity index (χ1n) is 9.37. The van der Waals surface area contributed by atoms with Gasteiger partial charge in [-0.2, -0.15) is 0 Å². The molecule has 5 nitrogen and oxygen atoms in total. The lowest BCUT2D eigenvalue weighted by Crippen LogP contribution is -2.43. The van der Waals surface area contributed by atoms with E-state index in [-0.39, 0.29) is 6.04 Å². The van der Waals surface area contributed by atoms with Crippen LogP contribution < -0.4 is 10.6 Å². The lowest BCUT2D eigenvalue weighted by atomic mass is 9.98. The van der Waals surface area contributed by atoms with Crippen molar-refractivity contribution >= 4 is 5.96 Å². The third kappa shape index (κ3) is 6.67. The van der Waals surface area contributed by atoms with Gasteiger partial charge in [-0.15, -0.1) is 0 Å². The first-order chi connectivity index (χ1) is 12.1. The monoisotopic (exact) mass is 346 g/mol. The van der Waals surface area contributed by atoms with Crippen LogP contribution in [0.15, 0.2) is 29.3 Å². The Morgan fingerprint density at radius 3 is 2.60 bits per heavy atom. The minimum atomic E-state index is 0.224. The summed E-state index contributed by atoms with van der Waals surface area (Å²) >= 11 is 0. The molecule has 25 heavy (non-hydrogen) atoms. The Morgan fingerprint density at radius 1 is 1.28 bits per heavy atom. The van der Waals surface area contributed by atoms with Gasteiger partial charge in [0.1, 0.15) is 0 Å². The van der Waals surface area contributed by atoms with Crippen LogP contribution in [0.25, 0.3) is 0 Å². The highest BCUT2D eigenvalue weighted by atomic mass is 16.5. The van der Waals surface area contributed by atoms with Crippen molar-refractivity contribution < 1.29 is 4.74 Å². The van der Waals surface area contributed by atoms with Crippen molar-refractivity contribution in [2.24, 2.45) is 10.9 Å². The maximum Gasteiger partial charge on any atom is 0.191 e. The van der Waals surface area contributed by atoms with E-state index in [4.69, 9.17) is 4.74 Å². The van der Waals surface area contributed by atoms with Crippen LogP contribution in [0.1, 0.15) is 37.8 Å². The van der Waals surface area contributed by atoms with Crippen LogP contribution in [0.4, 0.5) is 0 Å². The predicted octanol–water partition coefficient (Wildman–Crippen LogP) is 2.62. The van der Waals surface area contributed by atoms with Crippen LogP contribution in [-0.2, 0) is 17.8 Å². The van der Waals surface area contributed by atoms with Crippen molar-refractivity contribution in [3.8, 4) is 0 Å². The Morgan fingerprint density at radius 2 is 1.96 bits per heavy atom. The molecule has 1 aromatic rings. The van der Waals surface area contributed by atoms with Gasteiger partial charge < -0.3 is 15.4 Å². The molecule has 0 bridgehead atoms. The number of hydrogen-bond donors (Lipinski definition) is 2. The normalized spacial score (nSPS) is 18.2. The smallest absolute Gasteiger partial charge is 0.191 e. The first-order valence-corrected chi connectivity index (χ1v) is 9.37.